The Morgan fingerprint density at radius 1 is 1.38 bits per heavy atom. The van der Waals surface area contributed by atoms with Gasteiger partial charge in [-0.2, -0.15) is 13.2 Å². The maximum atomic E-state index is 12.3. The van der Waals surface area contributed by atoms with Crippen LogP contribution in [0.15, 0.2) is 29.8 Å². The van der Waals surface area contributed by atoms with E-state index in [0.717, 1.165) is 12.1 Å². The van der Waals surface area contributed by atoms with Gasteiger partial charge in [-0.05, 0) is 30.7 Å². The quantitative estimate of drug-likeness (QED) is 0.792. The van der Waals surface area contributed by atoms with Crippen LogP contribution in [0.25, 0.3) is 6.08 Å². The summed E-state index contributed by atoms with van der Waals surface area (Å²) in [6.45, 7) is 1.32. The third-order valence-corrected chi connectivity index (χ3v) is 1.93. The molecule has 86 valence electrons. The standard InChI is InChI=1S/C11H9F3O2/c1-7(10(15)16)5-8-3-2-4-9(6-8)11(12,13)14/h2-6H,1H3,(H,15,16)/b7-5+. The summed E-state index contributed by atoms with van der Waals surface area (Å²) in [6.07, 6.45) is -3.22. The van der Waals surface area contributed by atoms with E-state index in [1.165, 1.54) is 25.1 Å². The van der Waals surface area contributed by atoms with Gasteiger partial charge in [-0.1, -0.05) is 12.1 Å². The smallest absolute Gasteiger partial charge is 0.416 e. The number of hydrogen-bond donors (Lipinski definition) is 1. The van der Waals surface area contributed by atoms with Crippen LogP contribution < -0.4 is 0 Å². The van der Waals surface area contributed by atoms with Crippen LogP contribution in [-0.2, 0) is 11.0 Å². The van der Waals surface area contributed by atoms with Gasteiger partial charge in [-0.15, -0.1) is 0 Å². The molecule has 2 nitrogen and oxygen atoms in total. The number of aliphatic carboxylic acids is 1. The van der Waals surface area contributed by atoms with Crippen LogP contribution >= 0.6 is 0 Å². The second-order valence-corrected chi connectivity index (χ2v) is 3.26. The van der Waals surface area contributed by atoms with Gasteiger partial charge in [0.25, 0.3) is 0 Å². The highest BCUT2D eigenvalue weighted by atomic mass is 19.4. The van der Waals surface area contributed by atoms with E-state index in [4.69, 9.17) is 5.11 Å². The molecule has 0 aliphatic rings. The van der Waals surface area contributed by atoms with E-state index in [-0.39, 0.29) is 11.1 Å². The number of rotatable bonds is 2. The van der Waals surface area contributed by atoms with Gasteiger partial charge in [-0.3, -0.25) is 0 Å². The molecule has 0 amide bonds. The van der Waals surface area contributed by atoms with E-state index >= 15 is 0 Å². The number of benzene rings is 1. The second kappa shape index (κ2) is 4.38. The Bertz CT molecular complexity index is 433. The molecule has 0 aromatic heterocycles. The average Bonchev–Trinajstić information content (AvgIpc) is 2.16. The van der Waals surface area contributed by atoms with E-state index in [0.29, 0.717) is 0 Å². The Morgan fingerprint density at radius 2 is 2.00 bits per heavy atom. The molecule has 0 aliphatic carbocycles. The molecule has 1 aromatic rings. The minimum atomic E-state index is -4.42. The Kier molecular flexibility index (Phi) is 3.37. The largest absolute Gasteiger partial charge is 0.478 e. The summed E-state index contributed by atoms with van der Waals surface area (Å²) in [4.78, 5) is 10.5. The Hall–Kier alpha value is -1.78. The monoisotopic (exact) mass is 230 g/mol. The molecule has 1 N–H and O–H groups in total. The lowest BCUT2D eigenvalue weighted by molar-refractivity contribution is -0.137. The van der Waals surface area contributed by atoms with E-state index in [2.05, 4.69) is 0 Å². The fourth-order valence-corrected chi connectivity index (χ4v) is 1.12. The summed E-state index contributed by atoms with van der Waals surface area (Å²) in [6, 6.07) is 4.51. The molecular formula is C11H9F3O2. The highest BCUT2D eigenvalue weighted by Crippen LogP contribution is 2.29. The van der Waals surface area contributed by atoms with Crippen LogP contribution in [0, 0.1) is 0 Å². The molecule has 0 heterocycles. The predicted molar refractivity (Wildman–Crippen MR) is 52.7 cm³/mol. The van der Waals surface area contributed by atoms with Crippen LogP contribution in [0.2, 0.25) is 0 Å². The number of alkyl halides is 3. The first kappa shape index (κ1) is 12.3. The van der Waals surface area contributed by atoms with E-state index in [1.54, 1.807) is 0 Å². The van der Waals surface area contributed by atoms with Crippen LogP contribution in [0.1, 0.15) is 18.1 Å². The zero-order valence-corrected chi connectivity index (χ0v) is 8.38. The number of carboxylic acid groups (broad SMARTS) is 1. The normalized spacial score (nSPS) is 12.6. The summed E-state index contributed by atoms with van der Waals surface area (Å²) in [5.74, 6) is -1.16. The fourth-order valence-electron chi connectivity index (χ4n) is 1.12. The van der Waals surface area contributed by atoms with Gasteiger partial charge >= 0.3 is 12.1 Å². The molecule has 0 aliphatic heterocycles. The molecule has 1 rings (SSSR count). The summed E-state index contributed by atoms with van der Waals surface area (Å²) in [5, 5.41) is 8.58. The zero-order valence-electron chi connectivity index (χ0n) is 8.38. The van der Waals surface area contributed by atoms with Gasteiger partial charge in [0.1, 0.15) is 0 Å². The molecule has 0 bridgehead atoms. The van der Waals surface area contributed by atoms with Gasteiger partial charge in [0.2, 0.25) is 0 Å². The first-order valence-corrected chi connectivity index (χ1v) is 4.39. The topological polar surface area (TPSA) is 37.3 Å². The summed E-state index contributed by atoms with van der Waals surface area (Å²) in [5.41, 5.74) is -0.589. The zero-order chi connectivity index (χ0) is 12.3. The average molecular weight is 230 g/mol. The van der Waals surface area contributed by atoms with Crippen molar-refractivity contribution in [1.29, 1.82) is 0 Å². The molecule has 0 spiro atoms. The molecule has 0 radical (unpaired) electrons. The SMILES string of the molecule is C/C(=C\c1cccc(C(F)(F)F)c1)C(=O)O. The Balaban J connectivity index is 3.09. The van der Waals surface area contributed by atoms with Crippen LogP contribution in [0.5, 0.6) is 0 Å². The van der Waals surface area contributed by atoms with E-state index in [1.807, 2.05) is 0 Å². The summed E-state index contributed by atoms with van der Waals surface area (Å²) < 4.78 is 37.0. The van der Waals surface area contributed by atoms with Crippen LogP contribution in [-0.4, -0.2) is 11.1 Å². The first-order chi connectivity index (χ1) is 7.30. The van der Waals surface area contributed by atoms with E-state index < -0.39 is 17.7 Å². The minimum Gasteiger partial charge on any atom is -0.478 e. The second-order valence-electron chi connectivity index (χ2n) is 3.26. The van der Waals surface area contributed by atoms with Crippen molar-refractivity contribution >= 4 is 12.0 Å². The molecule has 0 fully saturated rings. The third-order valence-electron chi connectivity index (χ3n) is 1.93. The van der Waals surface area contributed by atoms with Crippen molar-refractivity contribution in [1.82, 2.24) is 0 Å². The van der Waals surface area contributed by atoms with Crippen molar-refractivity contribution in [3.63, 3.8) is 0 Å². The molecule has 16 heavy (non-hydrogen) atoms. The third kappa shape index (κ3) is 3.12. The maximum absolute atomic E-state index is 12.3. The molecule has 0 saturated heterocycles. The van der Waals surface area contributed by atoms with Gasteiger partial charge in [0.05, 0.1) is 5.56 Å². The molecule has 5 heteroatoms. The Labute approximate surface area is 90.0 Å². The van der Waals surface area contributed by atoms with Crippen molar-refractivity contribution < 1.29 is 23.1 Å². The highest BCUT2D eigenvalue weighted by molar-refractivity contribution is 5.91. The van der Waals surface area contributed by atoms with Crippen molar-refractivity contribution in [2.24, 2.45) is 0 Å². The number of carbonyl (C=O) groups is 1. The molecule has 0 saturated carbocycles. The lowest BCUT2D eigenvalue weighted by Crippen LogP contribution is -2.04. The van der Waals surface area contributed by atoms with Crippen LogP contribution in [0.3, 0.4) is 0 Å². The van der Waals surface area contributed by atoms with Crippen LogP contribution in [0.4, 0.5) is 13.2 Å². The fraction of sp³-hybridized carbons (Fsp3) is 0.182. The Morgan fingerprint density at radius 3 is 2.50 bits per heavy atom. The lowest BCUT2D eigenvalue weighted by Gasteiger charge is -2.06. The van der Waals surface area contributed by atoms with Gasteiger partial charge < -0.3 is 5.11 Å². The summed E-state index contributed by atoms with van der Waals surface area (Å²) in [7, 11) is 0. The van der Waals surface area contributed by atoms with Gasteiger partial charge in [0, 0.05) is 5.57 Å². The van der Waals surface area contributed by atoms with Crippen molar-refractivity contribution in [3.8, 4) is 0 Å². The predicted octanol–water partition coefficient (Wildman–Crippen LogP) is 3.19. The number of carboxylic acids is 1. The minimum absolute atomic E-state index is 0.0145. The molecule has 0 atom stereocenters. The number of hydrogen-bond acceptors (Lipinski definition) is 1. The van der Waals surface area contributed by atoms with Crippen molar-refractivity contribution in [3.05, 3.63) is 41.0 Å². The van der Waals surface area contributed by atoms with Crippen molar-refractivity contribution in [2.45, 2.75) is 13.1 Å². The van der Waals surface area contributed by atoms with Gasteiger partial charge in [-0.25, -0.2) is 4.79 Å². The number of halogens is 3. The molecular weight excluding hydrogens is 221 g/mol. The van der Waals surface area contributed by atoms with E-state index in [9.17, 15) is 18.0 Å². The first-order valence-electron chi connectivity index (χ1n) is 4.39. The lowest BCUT2D eigenvalue weighted by atomic mass is 10.1. The summed E-state index contributed by atoms with van der Waals surface area (Å²) >= 11 is 0. The van der Waals surface area contributed by atoms with Gasteiger partial charge in [0.15, 0.2) is 0 Å². The molecule has 0 unspecified atom stereocenters. The maximum Gasteiger partial charge on any atom is 0.416 e. The van der Waals surface area contributed by atoms with Crippen molar-refractivity contribution in [2.75, 3.05) is 0 Å². The highest BCUT2D eigenvalue weighted by Gasteiger charge is 2.30. The molecule has 1 aromatic carbocycles.